The van der Waals surface area contributed by atoms with Crippen LogP contribution < -0.4 is 4.90 Å². The van der Waals surface area contributed by atoms with Crippen LogP contribution in [0.25, 0.3) is 0 Å². The van der Waals surface area contributed by atoms with E-state index in [1.54, 1.807) is 0 Å². The predicted octanol–water partition coefficient (Wildman–Crippen LogP) is 2.49. The summed E-state index contributed by atoms with van der Waals surface area (Å²) >= 11 is 0. The maximum Gasteiger partial charge on any atom is 0.225 e. The standard InChI is InChI=1S/C14H23N3O/c1-10-7-11(2)16-12(15-10)17-8-13(3,4)18-14(5,6)9-17/h7H,8-9H2,1-6H3. The van der Waals surface area contributed by atoms with Gasteiger partial charge in [-0.25, -0.2) is 9.97 Å². The first-order valence-corrected chi connectivity index (χ1v) is 6.44. The Morgan fingerprint density at radius 2 is 1.44 bits per heavy atom. The van der Waals surface area contributed by atoms with Gasteiger partial charge in [0.2, 0.25) is 5.95 Å². The highest BCUT2D eigenvalue weighted by Crippen LogP contribution is 2.30. The van der Waals surface area contributed by atoms with Gasteiger partial charge in [0.25, 0.3) is 0 Å². The average molecular weight is 249 g/mol. The van der Waals surface area contributed by atoms with Gasteiger partial charge in [-0.3, -0.25) is 0 Å². The van der Waals surface area contributed by atoms with E-state index in [9.17, 15) is 0 Å². The molecule has 0 saturated carbocycles. The summed E-state index contributed by atoms with van der Waals surface area (Å²) in [6.07, 6.45) is 0. The van der Waals surface area contributed by atoms with Gasteiger partial charge in [0.15, 0.2) is 0 Å². The normalized spacial score (nSPS) is 22.0. The van der Waals surface area contributed by atoms with Crippen LogP contribution in [0.3, 0.4) is 0 Å². The highest BCUT2D eigenvalue weighted by molar-refractivity contribution is 5.34. The Balaban J connectivity index is 2.32. The zero-order chi connectivity index (χ0) is 13.6. The lowest BCUT2D eigenvalue weighted by molar-refractivity contribution is -0.133. The summed E-state index contributed by atoms with van der Waals surface area (Å²) in [6, 6.07) is 2.00. The van der Waals surface area contributed by atoms with Crippen LogP contribution in [-0.2, 0) is 4.74 Å². The van der Waals surface area contributed by atoms with E-state index < -0.39 is 0 Å². The third kappa shape index (κ3) is 2.99. The van der Waals surface area contributed by atoms with E-state index in [-0.39, 0.29) is 11.2 Å². The molecule has 0 spiro atoms. The molecule has 0 unspecified atom stereocenters. The molecule has 1 saturated heterocycles. The summed E-state index contributed by atoms with van der Waals surface area (Å²) in [5, 5.41) is 0. The van der Waals surface area contributed by atoms with Crippen molar-refractivity contribution in [1.82, 2.24) is 9.97 Å². The maximum atomic E-state index is 6.08. The minimum atomic E-state index is -0.178. The molecule has 18 heavy (non-hydrogen) atoms. The molecule has 100 valence electrons. The predicted molar refractivity (Wildman–Crippen MR) is 73.0 cm³/mol. The zero-order valence-electron chi connectivity index (χ0n) is 12.2. The summed E-state index contributed by atoms with van der Waals surface area (Å²) in [5.41, 5.74) is 1.67. The van der Waals surface area contributed by atoms with Crippen molar-refractivity contribution in [3.05, 3.63) is 17.5 Å². The monoisotopic (exact) mass is 249 g/mol. The number of anilines is 1. The van der Waals surface area contributed by atoms with Gasteiger partial charge in [0.05, 0.1) is 11.2 Å². The van der Waals surface area contributed by atoms with E-state index in [2.05, 4.69) is 42.6 Å². The van der Waals surface area contributed by atoms with Crippen molar-refractivity contribution in [2.24, 2.45) is 0 Å². The molecular formula is C14H23N3O. The van der Waals surface area contributed by atoms with E-state index in [1.807, 2.05) is 19.9 Å². The highest BCUT2D eigenvalue weighted by Gasteiger charge is 2.39. The number of hydrogen-bond acceptors (Lipinski definition) is 4. The van der Waals surface area contributed by atoms with Crippen molar-refractivity contribution in [3.63, 3.8) is 0 Å². The minimum Gasteiger partial charge on any atom is -0.366 e. The second-order valence-electron chi connectivity index (χ2n) is 6.43. The van der Waals surface area contributed by atoms with Crippen LogP contribution in [0.2, 0.25) is 0 Å². The molecule has 0 bridgehead atoms. The van der Waals surface area contributed by atoms with Crippen LogP contribution in [0.5, 0.6) is 0 Å². The van der Waals surface area contributed by atoms with E-state index in [0.717, 1.165) is 30.4 Å². The third-order valence-electron chi connectivity index (χ3n) is 2.95. The quantitative estimate of drug-likeness (QED) is 0.766. The molecule has 0 radical (unpaired) electrons. The molecular weight excluding hydrogens is 226 g/mol. The largest absolute Gasteiger partial charge is 0.366 e. The van der Waals surface area contributed by atoms with E-state index in [0.29, 0.717) is 0 Å². The van der Waals surface area contributed by atoms with Crippen LogP contribution in [0.4, 0.5) is 5.95 Å². The first-order chi connectivity index (χ1) is 8.17. The van der Waals surface area contributed by atoms with Gasteiger partial charge in [-0.15, -0.1) is 0 Å². The molecule has 4 heteroatoms. The van der Waals surface area contributed by atoms with Gasteiger partial charge in [0.1, 0.15) is 0 Å². The Morgan fingerprint density at radius 1 is 1.00 bits per heavy atom. The molecule has 0 aromatic carbocycles. The van der Waals surface area contributed by atoms with E-state index in [1.165, 1.54) is 0 Å². The fourth-order valence-corrected chi connectivity index (χ4v) is 2.78. The molecule has 1 aromatic rings. The summed E-state index contributed by atoms with van der Waals surface area (Å²) < 4.78 is 6.08. The van der Waals surface area contributed by atoms with Gasteiger partial charge in [-0.05, 0) is 47.6 Å². The number of hydrogen-bond donors (Lipinski definition) is 0. The maximum absolute atomic E-state index is 6.08. The fourth-order valence-electron chi connectivity index (χ4n) is 2.78. The van der Waals surface area contributed by atoms with Crippen LogP contribution in [0, 0.1) is 13.8 Å². The first-order valence-electron chi connectivity index (χ1n) is 6.44. The van der Waals surface area contributed by atoms with Crippen LogP contribution in [-0.4, -0.2) is 34.3 Å². The number of ether oxygens (including phenoxy) is 1. The zero-order valence-corrected chi connectivity index (χ0v) is 12.2. The molecule has 2 rings (SSSR count). The van der Waals surface area contributed by atoms with Crippen molar-refractivity contribution in [2.75, 3.05) is 18.0 Å². The summed E-state index contributed by atoms with van der Waals surface area (Å²) in [4.78, 5) is 11.3. The summed E-state index contributed by atoms with van der Waals surface area (Å²) in [7, 11) is 0. The third-order valence-corrected chi connectivity index (χ3v) is 2.95. The minimum absolute atomic E-state index is 0.178. The lowest BCUT2D eigenvalue weighted by Crippen LogP contribution is -2.57. The molecule has 0 amide bonds. The van der Waals surface area contributed by atoms with E-state index >= 15 is 0 Å². The molecule has 0 aliphatic carbocycles. The van der Waals surface area contributed by atoms with Gasteiger partial charge < -0.3 is 9.64 Å². The highest BCUT2D eigenvalue weighted by atomic mass is 16.5. The summed E-state index contributed by atoms with van der Waals surface area (Å²) in [6.45, 7) is 14.1. The number of morpholine rings is 1. The Labute approximate surface area is 109 Å². The first kappa shape index (κ1) is 13.3. The molecule has 1 aliphatic heterocycles. The molecule has 0 N–H and O–H groups in total. The Bertz CT molecular complexity index is 418. The Kier molecular flexibility index (Phi) is 3.09. The second-order valence-corrected chi connectivity index (χ2v) is 6.43. The van der Waals surface area contributed by atoms with Crippen LogP contribution in [0.15, 0.2) is 6.07 Å². The van der Waals surface area contributed by atoms with Gasteiger partial charge in [-0.2, -0.15) is 0 Å². The van der Waals surface area contributed by atoms with Crippen molar-refractivity contribution in [3.8, 4) is 0 Å². The molecule has 1 aliphatic rings. The second kappa shape index (κ2) is 4.19. The lowest BCUT2D eigenvalue weighted by atomic mass is 9.99. The van der Waals surface area contributed by atoms with Crippen molar-refractivity contribution in [1.29, 1.82) is 0 Å². The Morgan fingerprint density at radius 3 is 1.89 bits per heavy atom. The molecule has 4 nitrogen and oxygen atoms in total. The number of nitrogens with zero attached hydrogens (tertiary/aromatic N) is 3. The molecule has 1 aromatic heterocycles. The lowest BCUT2D eigenvalue weighted by Gasteiger charge is -2.47. The topological polar surface area (TPSA) is 38.2 Å². The molecule has 1 fully saturated rings. The van der Waals surface area contributed by atoms with Gasteiger partial charge >= 0.3 is 0 Å². The van der Waals surface area contributed by atoms with Crippen LogP contribution >= 0.6 is 0 Å². The fraction of sp³-hybridized carbons (Fsp3) is 0.714. The van der Waals surface area contributed by atoms with Crippen molar-refractivity contribution < 1.29 is 4.74 Å². The smallest absolute Gasteiger partial charge is 0.225 e. The van der Waals surface area contributed by atoms with Crippen LogP contribution in [0.1, 0.15) is 39.1 Å². The number of aromatic nitrogens is 2. The van der Waals surface area contributed by atoms with Crippen molar-refractivity contribution >= 4 is 5.95 Å². The SMILES string of the molecule is Cc1cc(C)nc(N2CC(C)(C)OC(C)(C)C2)n1. The Hall–Kier alpha value is -1.16. The molecule has 2 heterocycles. The van der Waals surface area contributed by atoms with Crippen molar-refractivity contribution in [2.45, 2.75) is 52.7 Å². The van der Waals surface area contributed by atoms with Gasteiger partial charge in [0, 0.05) is 24.5 Å². The average Bonchev–Trinajstić information content (AvgIpc) is 2.10. The molecule has 0 atom stereocenters. The number of rotatable bonds is 1. The number of aryl methyl sites for hydroxylation is 2. The van der Waals surface area contributed by atoms with Gasteiger partial charge in [-0.1, -0.05) is 0 Å². The van der Waals surface area contributed by atoms with E-state index in [4.69, 9.17) is 4.74 Å². The summed E-state index contributed by atoms with van der Waals surface area (Å²) in [5.74, 6) is 0.817.